The highest BCUT2D eigenvalue weighted by Gasteiger charge is 2.19. The third-order valence-corrected chi connectivity index (χ3v) is 3.16. The van der Waals surface area contributed by atoms with Gasteiger partial charge in [0, 0.05) is 6.04 Å². The number of nitrogens with two attached hydrogens (primary N) is 1. The first kappa shape index (κ1) is 11.9. The van der Waals surface area contributed by atoms with Crippen LogP contribution in [0.2, 0.25) is 0 Å². The van der Waals surface area contributed by atoms with E-state index in [1.54, 1.807) is 0 Å². The molecule has 1 aromatic carbocycles. The van der Waals surface area contributed by atoms with Crippen molar-refractivity contribution in [3.8, 4) is 5.75 Å². The normalized spacial score (nSPS) is 18.5. The Morgan fingerprint density at radius 3 is 3.12 bits per heavy atom. The maximum atomic E-state index is 10.7. The summed E-state index contributed by atoms with van der Waals surface area (Å²) < 4.78 is 5.32. The molecule has 1 aliphatic rings. The van der Waals surface area contributed by atoms with Crippen molar-refractivity contribution >= 4 is 5.91 Å². The molecule has 0 fully saturated rings. The lowest BCUT2D eigenvalue weighted by Crippen LogP contribution is -2.22. The Balaban J connectivity index is 2.18. The molecule has 0 heterocycles. The van der Waals surface area contributed by atoms with Crippen LogP contribution in [0, 0.1) is 0 Å². The monoisotopic (exact) mass is 234 g/mol. The van der Waals surface area contributed by atoms with E-state index in [1.165, 1.54) is 17.5 Å². The lowest BCUT2D eigenvalue weighted by atomic mass is 9.87. The van der Waals surface area contributed by atoms with Crippen molar-refractivity contribution in [2.75, 3.05) is 13.7 Å². The fourth-order valence-corrected chi connectivity index (χ4v) is 2.32. The summed E-state index contributed by atoms with van der Waals surface area (Å²) >= 11 is 0. The number of nitrogens with one attached hydrogen (secondary N) is 1. The smallest absolute Gasteiger partial charge is 0.255 e. The summed E-state index contributed by atoms with van der Waals surface area (Å²) in [7, 11) is 1.97. The standard InChI is InChI=1S/C13H18N2O2/c1-15-12-4-2-3-9-5-6-10(7-11(9)12)17-8-13(14)16/h5-7,12,15H,2-4,8H2,1H3,(H2,14,16). The minimum absolute atomic E-state index is 0.0665. The molecular formula is C13H18N2O2. The maximum absolute atomic E-state index is 10.7. The fraction of sp³-hybridized carbons (Fsp3) is 0.462. The zero-order valence-corrected chi connectivity index (χ0v) is 10.0. The largest absolute Gasteiger partial charge is 0.484 e. The van der Waals surface area contributed by atoms with Gasteiger partial charge in [-0.2, -0.15) is 0 Å². The number of fused-ring (bicyclic) bond motifs is 1. The van der Waals surface area contributed by atoms with Crippen LogP contribution in [0.1, 0.15) is 30.0 Å². The van der Waals surface area contributed by atoms with Crippen LogP contribution in [0.25, 0.3) is 0 Å². The molecule has 1 amide bonds. The summed E-state index contributed by atoms with van der Waals surface area (Å²) in [5.74, 6) is 0.262. The number of rotatable bonds is 4. The van der Waals surface area contributed by atoms with Gasteiger partial charge >= 0.3 is 0 Å². The lowest BCUT2D eigenvalue weighted by molar-refractivity contribution is -0.119. The highest BCUT2D eigenvalue weighted by molar-refractivity contribution is 5.75. The van der Waals surface area contributed by atoms with Gasteiger partial charge in [0.1, 0.15) is 5.75 Å². The van der Waals surface area contributed by atoms with E-state index in [2.05, 4.69) is 11.4 Å². The average Bonchev–Trinajstić information content (AvgIpc) is 2.35. The number of carbonyl (C=O) groups excluding carboxylic acids is 1. The minimum atomic E-state index is -0.451. The zero-order chi connectivity index (χ0) is 12.3. The molecule has 1 aliphatic carbocycles. The number of primary amides is 1. The third-order valence-electron chi connectivity index (χ3n) is 3.16. The maximum Gasteiger partial charge on any atom is 0.255 e. The van der Waals surface area contributed by atoms with Crippen LogP contribution in [0.3, 0.4) is 0 Å². The van der Waals surface area contributed by atoms with Crippen LogP contribution < -0.4 is 15.8 Å². The van der Waals surface area contributed by atoms with Crippen molar-refractivity contribution < 1.29 is 9.53 Å². The van der Waals surface area contributed by atoms with E-state index in [9.17, 15) is 4.79 Å². The quantitative estimate of drug-likeness (QED) is 0.821. The van der Waals surface area contributed by atoms with Crippen LogP contribution in [-0.4, -0.2) is 19.6 Å². The molecule has 1 unspecified atom stereocenters. The molecule has 2 rings (SSSR count). The molecule has 0 aliphatic heterocycles. The first-order chi connectivity index (χ1) is 8.20. The van der Waals surface area contributed by atoms with Crippen LogP contribution in [-0.2, 0) is 11.2 Å². The van der Waals surface area contributed by atoms with Gasteiger partial charge in [-0.05, 0) is 49.6 Å². The van der Waals surface area contributed by atoms with Gasteiger partial charge in [-0.25, -0.2) is 0 Å². The topological polar surface area (TPSA) is 64.3 Å². The predicted octanol–water partition coefficient (Wildman–Crippen LogP) is 1.15. The van der Waals surface area contributed by atoms with E-state index in [-0.39, 0.29) is 6.61 Å². The minimum Gasteiger partial charge on any atom is -0.484 e. The van der Waals surface area contributed by atoms with E-state index in [0.717, 1.165) is 12.8 Å². The third kappa shape index (κ3) is 2.77. The molecule has 4 heteroatoms. The molecule has 92 valence electrons. The second-order valence-corrected chi connectivity index (χ2v) is 4.35. The Bertz CT molecular complexity index is 418. The second kappa shape index (κ2) is 5.19. The van der Waals surface area contributed by atoms with Crippen molar-refractivity contribution in [2.45, 2.75) is 25.3 Å². The summed E-state index contributed by atoms with van der Waals surface area (Å²) in [6, 6.07) is 6.38. The number of aryl methyl sites for hydroxylation is 1. The molecule has 0 spiro atoms. The first-order valence-corrected chi connectivity index (χ1v) is 5.92. The molecule has 0 radical (unpaired) electrons. The number of hydrogen-bond acceptors (Lipinski definition) is 3. The van der Waals surface area contributed by atoms with E-state index in [4.69, 9.17) is 10.5 Å². The van der Waals surface area contributed by atoms with Gasteiger partial charge in [-0.3, -0.25) is 4.79 Å². The van der Waals surface area contributed by atoms with Crippen LogP contribution >= 0.6 is 0 Å². The van der Waals surface area contributed by atoms with E-state index in [0.29, 0.717) is 11.8 Å². The molecule has 17 heavy (non-hydrogen) atoms. The lowest BCUT2D eigenvalue weighted by Gasteiger charge is -2.25. The van der Waals surface area contributed by atoms with Crippen molar-refractivity contribution in [2.24, 2.45) is 5.73 Å². The van der Waals surface area contributed by atoms with Crippen LogP contribution in [0.5, 0.6) is 5.75 Å². The summed E-state index contributed by atoms with van der Waals surface area (Å²) in [5, 5.41) is 3.31. The highest BCUT2D eigenvalue weighted by Crippen LogP contribution is 2.32. The number of benzene rings is 1. The van der Waals surface area contributed by atoms with Gasteiger partial charge in [0.25, 0.3) is 5.91 Å². The van der Waals surface area contributed by atoms with Gasteiger partial charge in [0.15, 0.2) is 6.61 Å². The fourth-order valence-electron chi connectivity index (χ4n) is 2.32. The Morgan fingerprint density at radius 1 is 1.59 bits per heavy atom. The number of ether oxygens (including phenoxy) is 1. The van der Waals surface area contributed by atoms with Crippen molar-refractivity contribution in [1.29, 1.82) is 0 Å². The molecule has 1 aromatic rings. The molecule has 3 N–H and O–H groups in total. The summed E-state index contributed by atoms with van der Waals surface area (Å²) in [5.41, 5.74) is 7.70. The molecule has 0 saturated heterocycles. The Morgan fingerprint density at radius 2 is 2.41 bits per heavy atom. The van der Waals surface area contributed by atoms with Crippen LogP contribution in [0.4, 0.5) is 0 Å². The Kier molecular flexibility index (Phi) is 3.64. The molecular weight excluding hydrogens is 216 g/mol. The molecule has 1 atom stereocenters. The Hall–Kier alpha value is -1.55. The SMILES string of the molecule is CNC1CCCc2ccc(OCC(N)=O)cc21. The molecule has 0 aromatic heterocycles. The summed E-state index contributed by atoms with van der Waals surface area (Å²) in [4.78, 5) is 10.7. The van der Waals surface area contributed by atoms with E-state index >= 15 is 0 Å². The van der Waals surface area contributed by atoms with Crippen molar-refractivity contribution in [3.63, 3.8) is 0 Å². The average molecular weight is 234 g/mol. The van der Waals surface area contributed by atoms with Gasteiger partial charge in [0.05, 0.1) is 0 Å². The van der Waals surface area contributed by atoms with E-state index < -0.39 is 5.91 Å². The Labute approximate surface area is 101 Å². The molecule has 0 saturated carbocycles. The molecule has 0 bridgehead atoms. The van der Waals surface area contributed by atoms with Gasteiger partial charge < -0.3 is 15.8 Å². The zero-order valence-electron chi connectivity index (χ0n) is 10.0. The number of hydrogen-bond donors (Lipinski definition) is 2. The van der Waals surface area contributed by atoms with Crippen molar-refractivity contribution in [3.05, 3.63) is 29.3 Å². The van der Waals surface area contributed by atoms with Crippen LogP contribution in [0.15, 0.2) is 18.2 Å². The van der Waals surface area contributed by atoms with Crippen molar-refractivity contribution in [1.82, 2.24) is 5.32 Å². The highest BCUT2D eigenvalue weighted by atomic mass is 16.5. The predicted molar refractivity (Wildman–Crippen MR) is 65.9 cm³/mol. The number of amides is 1. The van der Waals surface area contributed by atoms with Gasteiger partial charge in [-0.15, -0.1) is 0 Å². The first-order valence-electron chi connectivity index (χ1n) is 5.92. The van der Waals surface area contributed by atoms with E-state index in [1.807, 2.05) is 19.2 Å². The van der Waals surface area contributed by atoms with Gasteiger partial charge in [-0.1, -0.05) is 6.07 Å². The summed E-state index contributed by atoms with van der Waals surface area (Å²) in [6.45, 7) is -0.0665. The second-order valence-electron chi connectivity index (χ2n) is 4.35. The number of carbonyl (C=O) groups is 1. The summed E-state index contributed by atoms with van der Waals surface area (Å²) in [6.07, 6.45) is 3.46. The molecule has 4 nitrogen and oxygen atoms in total. The van der Waals surface area contributed by atoms with Gasteiger partial charge in [0.2, 0.25) is 0 Å².